The van der Waals surface area contributed by atoms with E-state index < -0.39 is 0 Å². The monoisotopic (exact) mass is 345 g/mol. The lowest BCUT2D eigenvalue weighted by Gasteiger charge is -2.32. The van der Waals surface area contributed by atoms with Gasteiger partial charge in [-0.25, -0.2) is 4.39 Å². The molecular formula is C19H24FN3O2. The summed E-state index contributed by atoms with van der Waals surface area (Å²) in [6.45, 7) is 1.41. The van der Waals surface area contributed by atoms with Crippen molar-refractivity contribution in [1.29, 1.82) is 0 Å². The SMILES string of the molecule is CN1CCCC[C@H]1CCC(=O)NCc1cc(-c2cccc(F)c2)no1. The van der Waals surface area contributed by atoms with Gasteiger partial charge in [-0.2, -0.15) is 0 Å². The van der Waals surface area contributed by atoms with Crippen molar-refractivity contribution in [2.45, 2.75) is 44.7 Å². The van der Waals surface area contributed by atoms with Crippen LogP contribution in [0.3, 0.4) is 0 Å². The molecule has 5 nitrogen and oxygen atoms in total. The van der Waals surface area contributed by atoms with Crippen molar-refractivity contribution < 1.29 is 13.7 Å². The summed E-state index contributed by atoms with van der Waals surface area (Å²) in [5.74, 6) is 0.258. The van der Waals surface area contributed by atoms with E-state index in [-0.39, 0.29) is 11.7 Å². The molecule has 3 rings (SSSR count). The summed E-state index contributed by atoms with van der Waals surface area (Å²) in [5.41, 5.74) is 1.22. The lowest BCUT2D eigenvalue weighted by atomic mass is 9.98. The summed E-state index contributed by atoms with van der Waals surface area (Å²) in [6, 6.07) is 8.41. The lowest BCUT2D eigenvalue weighted by molar-refractivity contribution is -0.121. The normalized spacial score (nSPS) is 18.2. The van der Waals surface area contributed by atoms with Crippen LogP contribution in [0.4, 0.5) is 4.39 Å². The Morgan fingerprint density at radius 1 is 1.40 bits per heavy atom. The molecule has 1 amide bonds. The zero-order valence-corrected chi connectivity index (χ0v) is 14.5. The van der Waals surface area contributed by atoms with Gasteiger partial charge in [0.25, 0.3) is 0 Å². The van der Waals surface area contributed by atoms with Gasteiger partial charge in [-0.15, -0.1) is 0 Å². The van der Waals surface area contributed by atoms with Crippen molar-refractivity contribution in [2.75, 3.05) is 13.6 Å². The number of benzene rings is 1. The molecule has 0 spiro atoms. The van der Waals surface area contributed by atoms with Gasteiger partial charge in [-0.1, -0.05) is 23.7 Å². The number of carbonyl (C=O) groups is 1. The van der Waals surface area contributed by atoms with Crippen molar-refractivity contribution in [3.05, 3.63) is 41.9 Å². The summed E-state index contributed by atoms with van der Waals surface area (Å²) >= 11 is 0. The number of halogens is 1. The van der Waals surface area contributed by atoms with Crippen LogP contribution in [-0.2, 0) is 11.3 Å². The molecule has 1 fully saturated rings. The van der Waals surface area contributed by atoms with Crippen molar-refractivity contribution in [3.8, 4) is 11.3 Å². The molecule has 1 N–H and O–H groups in total. The van der Waals surface area contributed by atoms with Crippen molar-refractivity contribution in [3.63, 3.8) is 0 Å². The molecule has 134 valence electrons. The summed E-state index contributed by atoms with van der Waals surface area (Å²) in [5, 5.41) is 6.80. The number of piperidine rings is 1. The van der Waals surface area contributed by atoms with Gasteiger partial charge in [0.1, 0.15) is 11.5 Å². The molecule has 2 heterocycles. The molecule has 0 bridgehead atoms. The number of amides is 1. The number of nitrogens with one attached hydrogen (secondary N) is 1. The highest BCUT2D eigenvalue weighted by atomic mass is 19.1. The standard InChI is InChI=1S/C19H24FN3O2/c1-23-10-3-2-7-16(23)8-9-19(24)21-13-17-12-18(22-25-17)14-5-4-6-15(20)11-14/h4-6,11-12,16H,2-3,7-10,13H2,1H3,(H,21,24)/t16-/m0/s1. The molecule has 1 aliphatic rings. The van der Waals surface area contributed by atoms with E-state index in [0.29, 0.717) is 36.0 Å². The molecule has 1 atom stereocenters. The Balaban J connectivity index is 1.46. The van der Waals surface area contributed by atoms with Crippen molar-refractivity contribution in [1.82, 2.24) is 15.4 Å². The molecule has 0 unspecified atom stereocenters. The Kier molecular flexibility index (Phi) is 5.81. The van der Waals surface area contributed by atoms with Crippen LogP contribution in [0.5, 0.6) is 0 Å². The fourth-order valence-electron chi connectivity index (χ4n) is 3.26. The number of hydrogen-bond acceptors (Lipinski definition) is 4. The van der Waals surface area contributed by atoms with E-state index in [0.717, 1.165) is 13.0 Å². The van der Waals surface area contributed by atoms with Gasteiger partial charge in [-0.3, -0.25) is 4.79 Å². The van der Waals surface area contributed by atoms with E-state index in [2.05, 4.69) is 22.4 Å². The summed E-state index contributed by atoms with van der Waals surface area (Å²) in [6.07, 6.45) is 5.06. The number of carbonyl (C=O) groups excluding carboxylic acids is 1. The number of rotatable bonds is 6. The van der Waals surface area contributed by atoms with Gasteiger partial charge < -0.3 is 14.7 Å². The summed E-state index contributed by atoms with van der Waals surface area (Å²) < 4.78 is 18.5. The number of likely N-dealkylation sites (tertiary alicyclic amines) is 1. The molecule has 2 aromatic rings. The second-order valence-corrected chi connectivity index (χ2v) is 6.63. The average molecular weight is 345 g/mol. The number of aromatic nitrogens is 1. The summed E-state index contributed by atoms with van der Waals surface area (Å²) in [4.78, 5) is 14.4. The minimum Gasteiger partial charge on any atom is -0.359 e. The first-order valence-electron chi connectivity index (χ1n) is 8.80. The Morgan fingerprint density at radius 3 is 3.08 bits per heavy atom. The van der Waals surface area contributed by atoms with Gasteiger partial charge in [0.15, 0.2) is 5.76 Å². The Hall–Kier alpha value is -2.21. The maximum atomic E-state index is 13.3. The quantitative estimate of drug-likeness (QED) is 0.872. The molecule has 1 aromatic carbocycles. The van der Waals surface area contributed by atoms with Gasteiger partial charge in [-0.05, 0) is 45.0 Å². The smallest absolute Gasteiger partial charge is 0.220 e. The van der Waals surface area contributed by atoms with Crippen LogP contribution >= 0.6 is 0 Å². The maximum Gasteiger partial charge on any atom is 0.220 e. The largest absolute Gasteiger partial charge is 0.359 e. The van der Waals surface area contributed by atoms with Gasteiger partial charge in [0.2, 0.25) is 5.91 Å². The highest BCUT2D eigenvalue weighted by molar-refractivity contribution is 5.75. The minimum atomic E-state index is -0.317. The third kappa shape index (κ3) is 4.89. The van der Waals surface area contributed by atoms with Crippen LogP contribution in [0.2, 0.25) is 0 Å². The van der Waals surface area contributed by atoms with E-state index in [9.17, 15) is 9.18 Å². The van der Waals surface area contributed by atoms with E-state index >= 15 is 0 Å². The minimum absolute atomic E-state index is 0.0164. The van der Waals surface area contributed by atoms with E-state index in [4.69, 9.17) is 4.52 Å². The lowest BCUT2D eigenvalue weighted by Crippen LogP contribution is -2.37. The second-order valence-electron chi connectivity index (χ2n) is 6.63. The predicted octanol–water partition coefficient (Wildman–Crippen LogP) is 3.36. The molecule has 1 aliphatic heterocycles. The highest BCUT2D eigenvalue weighted by Crippen LogP contribution is 2.20. The molecule has 0 saturated carbocycles. The van der Waals surface area contributed by atoms with Crippen LogP contribution in [0.25, 0.3) is 11.3 Å². The first kappa shape index (κ1) is 17.6. The molecule has 25 heavy (non-hydrogen) atoms. The first-order chi connectivity index (χ1) is 12.1. The Labute approximate surface area is 147 Å². The van der Waals surface area contributed by atoms with Crippen LogP contribution < -0.4 is 5.32 Å². The van der Waals surface area contributed by atoms with E-state index in [1.54, 1.807) is 18.2 Å². The topological polar surface area (TPSA) is 58.4 Å². The average Bonchev–Trinajstić information content (AvgIpc) is 3.08. The third-order valence-electron chi connectivity index (χ3n) is 4.77. The van der Waals surface area contributed by atoms with Crippen LogP contribution in [0.1, 0.15) is 37.9 Å². The molecule has 6 heteroatoms. The zero-order chi connectivity index (χ0) is 17.6. The number of nitrogens with zero attached hydrogens (tertiary/aromatic N) is 2. The number of hydrogen-bond donors (Lipinski definition) is 1. The molecule has 0 aliphatic carbocycles. The highest BCUT2D eigenvalue weighted by Gasteiger charge is 2.19. The van der Waals surface area contributed by atoms with Gasteiger partial charge in [0, 0.05) is 24.1 Å². The predicted molar refractivity (Wildman–Crippen MR) is 93.2 cm³/mol. The molecule has 0 radical (unpaired) electrons. The Bertz CT molecular complexity index is 716. The zero-order valence-electron chi connectivity index (χ0n) is 14.5. The molecule has 1 aromatic heterocycles. The molecular weight excluding hydrogens is 321 g/mol. The molecule has 1 saturated heterocycles. The van der Waals surface area contributed by atoms with Crippen LogP contribution in [0, 0.1) is 5.82 Å². The first-order valence-corrected chi connectivity index (χ1v) is 8.80. The van der Waals surface area contributed by atoms with Crippen molar-refractivity contribution in [2.24, 2.45) is 0 Å². The van der Waals surface area contributed by atoms with E-state index in [1.807, 2.05) is 0 Å². The fraction of sp³-hybridized carbons (Fsp3) is 0.474. The fourth-order valence-corrected chi connectivity index (χ4v) is 3.26. The van der Waals surface area contributed by atoms with E-state index in [1.165, 1.54) is 31.4 Å². The summed E-state index contributed by atoms with van der Waals surface area (Å²) in [7, 11) is 2.13. The Morgan fingerprint density at radius 2 is 2.28 bits per heavy atom. The van der Waals surface area contributed by atoms with Crippen LogP contribution in [0.15, 0.2) is 34.9 Å². The van der Waals surface area contributed by atoms with Crippen LogP contribution in [-0.4, -0.2) is 35.6 Å². The third-order valence-corrected chi connectivity index (χ3v) is 4.77. The van der Waals surface area contributed by atoms with Gasteiger partial charge >= 0.3 is 0 Å². The maximum absolute atomic E-state index is 13.3. The van der Waals surface area contributed by atoms with Crippen molar-refractivity contribution >= 4 is 5.91 Å². The second kappa shape index (κ2) is 8.25. The van der Waals surface area contributed by atoms with Gasteiger partial charge in [0.05, 0.1) is 6.54 Å².